The number of likely N-dealkylation sites (tertiary alicyclic amines) is 1. The van der Waals surface area contributed by atoms with Crippen LogP contribution in [-0.2, 0) is 14.6 Å². The van der Waals surface area contributed by atoms with Crippen molar-refractivity contribution < 1.29 is 17.9 Å². The van der Waals surface area contributed by atoms with E-state index >= 15 is 0 Å². The average Bonchev–Trinajstić information content (AvgIpc) is 3.14. The van der Waals surface area contributed by atoms with Gasteiger partial charge in [-0.1, -0.05) is 0 Å². The van der Waals surface area contributed by atoms with Crippen LogP contribution in [-0.4, -0.2) is 70.1 Å². The van der Waals surface area contributed by atoms with Gasteiger partial charge in [-0.3, -0.25) is 4.79 Å². The minimum absolute atomic E-state index is 0.0535. The molecule has 2 saturated heterocycles. The van der Waals surface area contributed by atoms with Gasteiger partial charge < -0.3 is 20.3 Å². The number of amides is 1. The highest BCUT2D eigenvalue weighted by Gasteiger charge is 2.42. The van der Waals surface area contributed by atoms with Crippen molar-refractivity contribution in [1.29, 1.82) is 0 Å². The number of carbonyl (C=O) groups is 1. The SMILES string of the molecule is CCOc1ccc(N2C[C@H]3CN(C(=O)CS(=O)(=O)CCN)C[C@H]3C2)cc1. The Morgan fingerprint density at radius 3 is 2.31 bits per heavy atom. The second kappa shape index (κ2) is 7.84. The quantitative estimate of drug-likeness (QED) is 0.733. The van der Waals surface area contributed by atoms with E-state index in [1.54, 1.807) is 4.90 Å². The fraction of sp³-hybridized carbons (Fsp3) is 0.611. The molecule has 2 heterocycles. The van der Waals surface area contributed by atoms with Gasteiger partial charge in [0.1, 0.15) is 11.5 Å². The van der Waals surface area contributed by atoms with Gasteiger partial charge in [0.15, 0.2) is 9.84 Å². The second-order valence-electron chi connectivity index (χ2n) is 7.03. The molecule has 0 aromatic heterocycles. The molecule has 1 aromatic rings. The van der Waals surface area contributed by atoms with Gasteiger partial charge in [0.2, 0.25) is 5.91 Å². The molecule has 2 N–H and O–H groups in total. The number of nitrogens with zero attached hydrogens (tertiary/aromatic N) is 2. The van der Waals surface area contributed by atoms with E-state index in [1.165, 1.54) is 0 Å². The zero-order valence-corrected chi connectivity index (χ0v) is 16.0. The predicted molar refractivity (Wildman–Crippen MR) is 101 cm³/mol. The number of anilines is 1. The number of benzene rings is 1. The summed E-state index contributed by atoms with van der Waals surface area (Å²) in [4.78, 5) is 16.3. The molecule has 0 bridgehead atoms. The molecule has 2 atom stereocenters. The number of rotatable bonds is 7. The lowest BCUT2D eigenvalue weighted by molar-refractivity contribution is -0.127. The molecule has 0 aliphatic carbocycles. The van der Waals surface area contributed by atoms with Crippen LogP contribution >= 0.6 is 0 Å². The molecule has 2 aliphatic heterocycles. The van der Waals surface area contributed by atoms with Gasteiger partial charge in [-0.15, -0.1) is 0 Å². The first kappa shape index (κ1) is 19.0. The number of ether oxygens (including phenoxy) is 1. The van der Waals surface area contributed by atoms with Crippen LogP contribution in [0.5, 0.6) is 5.75 Å². The average molecular weight is 381 g/mol. The predicted octanol–water partition coefficient (Wildman–Crippen LogP) is 0.353. The largest absolute Gasteiger partial charge is 0.494 e. The van der Waals surface area contributed by atoms with Crippen molar-refractivity contribution in [1.82, 2.24) is 4.90 Å². The van der Waals surface area contributed by atoms with E-state index in [9.17, 15) is 13.2 Å². The van der Waals surface area contributed by atoms with E-state index in [0.717, 1.165) is 24.5 Å². The smallest absolute Gasteiger partial charge is 0.237 e. The number of hydrogen-bond donors (Lipinski definition) is 1. The van der Waals surface area contributed by atoms with Crippen LogP contribution in [0.3, 0.4) is 0 Å². The summed E-state index contributed by atoms with van der Waals surface area (Å²) in [5, 5.41) is 0. The molecule has 2 fully saturated rings. The van der Waals surface area contributed by atoms with Crippen molar-refractivity contribution >= 4 is 21.4 Å². The van der Waals surface area contributed by atoms with Crippen LogP contribution in [0.4, 0.5) is 5.69 Å². The standard InChI is InChI=1S/C18H27N3O4S/c1-2-25-17-5-3-16(4-6-17)20-9-14-11-21(12-15(14)10-20)18(22)13-26(23,24)8-7-19/h3-6,14-15H,2,7-13,19H2,1H3/t14-,15+. The molecule has 1 amide bonds. The van der Waals surface area contributed by atoms with Gasteiger partial charge in [0, 0.05) is 50.2 Å². The molecule has 0 unspecified atom stereocenters. The van der Waals surface area contributed by atoms with Gasteiger partial charge in [-0.25, -0.2) is 8.42 Å². The lowest BCUT2D eigenvalue weighted by atomic mass is 10.0. The Morgan fingerprint density at radius 1 is 1.15 bits per heavy atom. The first-order valence-electron chi connectivity index (χ1n) is 9.08. The van der Waals surface area contributed by atoms with Crippen LogP contribution < -0.4 is 15.4 Å². The fourth-order valence-corrected chi connectivity index (χ4v) is 4.92. The Hall–Kier alpha value is -1.80. The maximum absolute atomic E-state index is 12.3. The highest BCUT2D eigenvalue weighted by atomic mass is 32.2. The Bertz CT molecular complexity index is 721. The third kappa shape index (κ3) is 4.29. The molecule has 0 spiro atoms. The highest BCUT2D eigenvalue weighted by Crippen LogP contribution is 2.34. The molecule has 144 valence electrons. The summed E-state index contributed by atoms with van der Waals surface area (Å²) in [6.45, 7) is 5.71. The number of carbonyl (C=O) groups excluding carboxylic acids is 1. The maximum Gasteiger partial charge on any atom is 0.237 e. The minimum atomic E-state index is -3.39. The lowest BCUT2D eigenvalue weighted by Gasteiger charge is -2.23. The second-order valence-corrected chi connectivity index (χ2v) is 9.22. The first-order valence-corrected chi connectivity index (χ1v) is 10.9. The van der Waals surface area contributed by atoms with Crippen LogP contribution in [0.25, 0.3) is 0 Å². The van der Waals surface area contributed by atoms with Gasteiger partial charge in [0.05, 0.1) is 12.4 Å². The normalized spacial score (nSPS) is 22.5. The third-order valence-electron chi connectivity index (χ3n) is 5.12. The first-order chi connectivity index (χ1) is 12.4. The van der Waals surface area contributed by atoms with Crippen molar-refractivity contribution in [3.05, 3.63) is 24.3 Å². The number of sulfone groups is 1. The van der Waals surface area contributed by atoms with Crippen LogP contribution in [0, 0.1) is 11.8 Å². The Kier molecular flexibility index (Phi) is 5.72. The van der Waals surface area contributed by atoms with Crippen LogP contribution in [0.15, 0.2) is 24.3 Å². The maximum atomic E-state index is 12.3. The molecule has 7 nitrogen and oxygen atoms in total. The lowest BCUT2D eigenvalue weighted by Crippen LogP contribution is -2.37. The molecule has 8 heteroatoms. The molecule has 26 heavy (non-hydrogen) atoms. The van der Waals surface area contributed by atoms with Crippen molar-refractivity contribution in [2.45, 2.75) is 6.92 Å². The molecular weight excluding hydrogens is 354 g/mol. The summed E-state index contributed by atoms with van der Waals surface area (Å²) in [7, 11) is -3.39. The van der Waals surface area contributed by atoms with Crippen LogP contribution in [0.2, 0.25) is 0 Å². The summed E-state index contributed by atoms with van der Waals surface area (Å²) in [5.41, 5.74) is 6.46. The zero-order chi connectivity index (χ0) is 18.7. The highest BCUT2D eigenvalue weighted by molar-refractivity contribution is 7.92. The van der Waals surface area contributed by atoms with Crippen molar-refractivity contribution in [2.24, 2.45) is 17.6 Å². The molecular formula is C18H27N3O4S. The van der Waals surface area contributed by atoms with Gasteiger partial charge in [-0.05, 0) is 31.2 Å². The number of hydrogen-bond acceptors (Lipinski definition) is 6. The molecule has 2 aliphatic rings. The number of nitrogens with two attached hydrogens (primary N) is 1. The fourth-order valence-electron chi connectivity index (χ4n) is 3.86. The summed E-state index contributed by atoms with van der Waals surface area (Å²) in [6, 6.07) is 8.08. The van der Waals surface area contributed by atoms with Crippen molar-refractivity contribution in [3.8, 4) is 5.75 Å². The summed E-state index contributed by atoms with van der Waals surface area (Å²) in [5.74, 6) is 0.800. The van der Waals surface area contributed by atoms with E-state index in [4.69, 9.17) is 10.5 Å². The van der Waals surface area contributed by atoms with E-state index in [2.05, 4.69) is 17.0 Å². The van der Waals surface area contributed by atoms with E-state index in [-0.39, 0.29) is 18.2 Å². The Balaban J connectivity index is 1.55. The summed E-state index contributed by atoms with van der Waals surface area (Å²) in [6.07, 6.45) is 0. The monoisotopic (exact) mass is 381 g/mol. The minimum Gasteiger partial charge on any atom is -0.494 e. The molecule has 1 aromatic carbocycles. The van der Waals surface area contributed by atoms with Gasteiger partial charge in [-0.2, -0.15) is 0 Å². The van der Waals surface area contributed by atoms with E-state index in [1.807, 2.05) is 19.1 Å². The zero-order valence-electron chi connectivity index (χ0n) is 15.1. The van der Waals surface area contributed by atoms with E-state index < -0.39 is 15.6 Å². The summed E-state index contributed by atoms with van der Waals surface area (Å²) < 4.78 is 29.1. The topological polar surface area (TPSA) is 92.9 Å². The van der Waals surface area contributed by atoms with Crippen molar-refractivity contribution in [2.75, 3.05) is 55.7 Å². The van der Waals surface area contributed by atoms with Gasteiger partial charge in [0.25, 0.3) is 0 Å². The summed E-state index contributed by atoms with van der Waals surface area (Å²) >= 11 is 0. The van der Waals surface area contributed by atoms with Gasteiger partial charge >= 0.3 is 0 Å². The molecule has 0 radical (unpaired) electrons. The molecule has 0 saturated carbocycles. The number of fused-ring (bicyclic) bond motifs is 1. The van der Waals surface area contributed by atoms with Crippen LogP contribution in [0.1, 0.15) is 6.92 Å². The Morgan fingerprint density at radius 2 is 1.77 bits per heavy atom. The van der Waals surface area contributed by atoms with Crippen molar-refractivity contribution in [3.63, 3.8) is 0 Å². The molecule has 3 rings (SSSR count). The third-order valence-corrected chi connectivity index (χ3v) is 6.67. The Labute approximate surface area is 155 Å². The van der Waals surface area contributed by atoms with E-state index in [0.29, 0.717) is 31.5 Å².